The third kappa shape index (κ3) is 2.33. The maximum absolute atomic E-state index is 11.0. The third-order valence-corrected chi connectivity index (χ3v) is 2.49. The van der Waals surface area contributed by atoms with Crippen LogP contribution in [0, 0.1) is 5.92 Å². The summed E-state index contributed by atoms with van der Waals surface area (Å²) < 4.78 is 4.64. The van der Waals surface area contributed by atoms with E-state index >= 15 is 0 Å². The fourth-order valence-electron chi connectivity index (χ4n) is 1.20. The van der Waals surface area contributed by atoms with Gasteiger partial charge in [-0.25, -0.2) is 0 Å². The molecule has 0 saturated carbocycles. The Balaban J connectivity index is 2.49. The van der Waals surface area contributed by atoms with Gasteiger partial charge in [-0.15, -0.1) is 0 Å². The van der Waals surface area contributed by atoms with Crippen LogP contribution in [0.2, 0.25) is 0 Å². The van der Waals surface area contributed by atoms with Crippen LogP contribution in [0.25, 0.3) is 0 Å². The van der Waals surface area contributed by atoms with E-state index in [1.54, 1.807) is 0 Å². The second-order valence-corrected chi connectivity index (χ2v) is 3.81. The zero-order valence-electron chi connectivity index (χ0n) is 6.42. The highest BCUT2D eigenvalue weighted by Gasteiger charge is 2.22. The lowest BCUT2D eigenvalue weighted by Gasteiger charge is -2.18. The van der Waals surface area contributed by atoms with Gasteiger partial charge in [0.05, 0.1) is 13.0 Å². The molecular weight excluding hydrogens is 208 g/mol. The van der Waals surface area contributed by atoms with E-state index < -0.39 is 0 Å². The molecule has 0 aliphatic heterocycles. The van der Waals surface area contributed by atoms with Gasteiger partial charge in [0.1, 0.15) is 0 Å². The molecule has 0 bridgehead atoms. The summed E-state index contributed by atoms with van der Waals surface area (Å²) in [6.07, 6.45) is 5.75. The lowest BCUT2D eigenvalue weighted by atomic mass is 9.95. The van der Waals surface area contributed by atoms with Crippen LogP contribution >= 0.6 is 15.9 Å². The Morgan fingerprint density at radius 1 is 1.73 bits per heavy atom. The van der Waals surface area contributed by atoms with Crippen molar-refractivity contribution in [2.24, 2.45) is 5.92 Å². The minimum atomic E-state index is -0.0983. The summed E-state index contributed by atoms with van der Waals surface area (Å²) in [7, 11) is 1.43. The van der Waals surface area contributed by atoms with Crippen molar-refractivity contribution >= 4 is 21.9 Å². The Morgan fingerprint density at radius 3 is 3.00 bits per heavy atom. The lowest BCUT2D eigenvalue weighted by molar-refractivity contribution is -0.145. The molecule has 11 heavy (non-hydrogen) atoms. The topological polar surface area (TPSA) is 26.3 Å². The van der Waals surface area contributed by atoms with Crippen molar-refractivity contribution in [2.75, 3.05) is 7.11 Å². The van der Waals surface area contributed by atoms with Crippen LogP contribution in [0.5, 0.6) is 0 Å². The van der Waals surface area contributed by atoms with Gasteiger partial charge >= 0.3 is 5.97 Å². The summed E-state index contributed by atoms with van der Waals surface area (Å²) in [6.45, 7) is 0. The number of carbonyl (C=O) groups excluding carboxylic acids is 1. The maximum Gasteiger partial charge on any atom is 0.309 e. The van der Waals surface area contributed by atoms with E-state index in [1.807, 2.05) is 6.08 Å². The minimum absolute atomic E-state index is 0.0503. The SMILES string of the molecule is COC(=O)C1CC=CC(Br)C1. The Bertz CT molecular complexity index is 177. The molecule has 2 atom stereocenters. The Morgan fingerprint density at radius 2 is 2.45 bits per heavy atom. The number of allylic oxidation sites excluding steroid dienone is 2. The third-order valence-electron chi connectivity index (χ3n) is 1.81. The average molecular weight is 219 g/mol. The van der Waals surface area contributed by atoms with E-state index in [4.69, 9.17) is 0 Å². The fourth-order valence-corrected chi connectivity index (χ4v) is 1.86. The van der Waals surface area contributed by atoms with Crippen molar-refractivity contribution in [3.63, 3.8) is 0 Å². The van der Waals surface area contributed by atoms with Gasteiger partial charge in [0.25, 0.3) is 0 Å². The second kappa shape index (κ2) is 3.90. The number of hydrogen-bond donors (Lipinski definition) is 0. The average Bonchev–Trinajstić information content (AvgIpc) is 2.03. The molecule has 1 aliphatic carbocycles. The van der Waals surface area contributed by atoms with Gasteiger partial charge in [0.2, 0.25) is 0 Å². The smallest absolute Gasteiger partial charge is 0.309 e. The molecule has 0 heterocycles. The first-order valence-corrected chi connectivity index (χ1v) is 4.54. The fraction of sp³-hybridized carbons (Fsp3) is 0.625. The molecule has 0 aromatic heterocycles. The number of alkyl halides is 1. The first-order valence-electron chi connectivity index (χ1n) is 3.62. The van der Waals surface area contributed by atoms with Crippen LogP contribution in [-0.4, -0.2) is 17.9 Å². The van der Waals surface area contributed by atoms with E-state index in [1.165, 1.54) is 7.11 Å². The monoisotopic (exact) mass is 218 g/mol. The highest BCUT2D eigenvalue weighted by atomic mass is 79.9. The Hall–Kier alpha value is -0.310. The van der Waals surface area contributed by atoms with E-state index in [2.05, 4.69) is 26.7 Å². The molecular formula is C8H11BrO2. The summed E-state index contributed by atoms with van der Waals surface area (Å²) in [5.41, 5.74) is 0. The minimum Gasteiger partial charge on any atom is -0.469 e. The quantitative estimate of drug-likeness (QED) is 0.382. The number of rotatable bonds is 1. The van der Waals surface area contributed by atoms with Crippen LogP contribution in [0.3, 0.4) is 0 Å². The molecule has 62 valence electrons. The zero-order valence-corrected chi connectivity index (χ0v) is 8.00. The number of ether oxygens (including phenoxy) is 1. The number of esters is 1. The van der Waals surface area contributed by atoms with Crippen LogP contribution in [0.15, 0.2) is 12.2 Å². The predicted molar refractivity (Wildman–Crippen MR) is 46.6 cm³/mol. The predicted octanol–water partition coefficient (Wildman–Crippen LogP) is 1.89. The van der Waals surface area contributed by atoms with Crippen molar-refractivity contribution in [3.8, 4) is 0 Å². The summed E-state index contributed by atoms with van der Waals surface area (Å²) >= 11 is 3.43. The molecule has 0 amide bonds. The molecule has 0 N–H and O–H groups in total. The first kappa shape index (κ1) is 8.78. The van der Waals surface area contributed by atoms with E-state index in [9.17, 15) is 4.79 Å². The number of carbonyl (C=O) groups is 1. The van der Waals surface area contributed by atoms with Crippen LogP contribution in [0.4, 0.5) is 0 Å². The molecule has 2 nitrogen and oxygen atoms in total. The molecule has 1 rings (SSSR count). The normalized spacial score (nSPS) is 30.0. The molecule has 0 aromatic carbocycles. The Labute approximate surface area is 74.7 Å². The van der Waals surface area contributed by atoms with Gasteiger partial charge in [-0.1, -0.05) is 28.1 Å². The van der Waals surface area contributed by atoms with Crippen LogP contribution in [-0.2, 0) is 9.53 Å². The summed E-state index contributed by atoms with van der Waals surface area (Å²) in [5.74, 6) is -0.0480. The largest absolute Gasteiger partial charge is 0.469 e. The van der Waals surface area contributed by atoms with E-state index in [0.717, 1.165) is 12.8 Å². The molecule has 0 aromatic rings. The highest BCUT2D eigenvalue weighted by Crippen LogP contribution is 2.24. The molecule has 0 radical (unpaired) electrons. The number of hydrogen-bond acceptors (Lipinski definition) is 2. The molecule has 0 fully saturated rings. The first-order chi connectivity index (χ1) is 5.24. The van der Waals surface area contributed by atoms with Crippen LogP contribution in [0.1, 0.15) is 12.8 Å². The van der Waals surface area contributed by atoms with Crippen LogP contribution < -0.4 is 0 Å². The standard InChI is InChI=1S/C8H11BrO2/c1-11-8(10)6-3-2-4-7(9)5-6/h2,4,6-7H,3,5H2,1H3. The molecule has 1 aliphatic rings. The van der Waals surface area contributed by atoms with Gasteiger partial charge in [-0.05, 0) is 12.8 Å². The van der Waals surface area contributed by atoms with Crippen molar-refractivity contribution in [2.45, 2.75) is 17.7 Å². The maximum atomic E-state index is 11.0. The van der Waals surface area contributed by atoms with Crippen molar-refractivity contribution in [3.05, 3.63) is 12.2 Å². The number of methoxy groups -OCH3 is 1. The zero-order chi connectivity index (χ0) is 8.27. The van der Waals surface area contributed by atoms with E-state index in [-0.39, 0.29) is 11.9 Å². The Kier molecular flexibility index (Phi) is 3.12. The summed E-state index contributed by atoms with van der Waals surface area (Å²) in [5, 5.41) is 0. The van der Waals surface area contributed by atoms with Gasteiger partial charge in [-0.3, -0.25) is 4.79 Å². The highest BCUT2D eigenvalue weighted by molar-refractivity contribution is 9.09. The van der Waals surface area contributed by atoms with Crippen molar-refractivity contribution in [1.29, 1.82) is 0 Å². The molecule has 0 spiro atoms. The summed E-state index contributed by atoms with van der Waals surface area (Å²) in [4.78, 5) is 11.4. The number of halogens is 1. The van der Waals surface area contributed by atoms with Gasteiger partial charge < -0.3 is 4.74 Å². The molecule has 0 saturated heterocycles. The van der Waals surface area contributed by atoms with Crippen molar-refractivity contribution < 1.29 is 9.53 Å². The van der Waals surface area contributed by atoms with Gasteiger partial charge in [0, 0.05) is 4.83 Å². The van der Waals surface area contributed by atoms with Gasteiger partial charge in [-0.2, -0.15) is 0 Å². The molecule has 3 heteroatoms. The van der Waals surface area contributed by atoms with Crippen molar-refractivity contribution in [1.82, 2.24) is 0 Å². The van der Waals surface area contributed by atoms with Gasteiger partial charge in [0.15, 0.2) is 0 Å². The second-order valence-electron chi connectivity index (χ2n) is 2.64. The summed E-state index contributed by atoms with van der Waals surface area (Å²) in [6, 6.07) is 0. The van der Waals surface area contributed by atoms with E-state index in [0.29, 0.717) is 4.83 Å². The lowest BCUT2D eigenvalue weighted by Crippen LogP contribution is -2.21. The molecule has 2 unspecified atom stereocenters.